The quantitative estimate of drug-likeness (QED) is 0.774. The molecule has 0 saturated heterocycles. The Morgan fingerprint density at radius 1 is 1.00 bits per heavy atom. The number of benzene rings is 2. The van der Waals surface area contributed by atoms with Gasteiger partial charge in [-0.2, -0.15) is 0 Å². The number of phenolic OH excluding ortho intramolecular Hbond substituents is 1. The first-order chi connectivity index (χ1) is 10.2. The summed E-state index contributed by atoms with van der Waals surface area (Å²) in [4.78, 5) is 16.5. The van der Waals surface area contributed by atoms with E-state index in [4.69, 9.17) is 0 Å². The normalized spacial score (nSPS) is 10.5. The van der Waals surface area contributed by atoms with E-state index in [0.717, 1.165) is 10.9 Å². The average Bonchev–Trinajstić information content (AvgIpc) is 2.53. The summed E-state index contributed by atoms with van der Waals surface area (Å²) in [6.45, 7) is 0.264. The monoisotopic (exact) mass is 278 g/mol. The number of nitrogens with zero attached hydrogens (tertiary/aromatic N) is 1. The Hall–Kier alpha value is -2.88. The Kier molecular flexibility index (Phi) is 3.51. The molecule has 0 fully saturated rings. The smallest absolute Gasteiger partial charge is 0.270 e. The SMILES string of the molecule is O=C(NCc1ccccc1O)c1ccc2ccccc2n1. The highest BCUT2D eigenvalue weighted by atomic mass is 16.3. The van der Waals surface area contributed by atoms with Gasteiger partial charge >= 0.3 is 0 Å². The number of aromatic nitrogens is 1. The van der Waals surface area contributed by atoms with Gasteiger partial charge in [0, 0.05) is 17.5 Å². The van der Waals surface area contributed by atoms with Crippen LogP contribution in [-0.4, -0.2) is 16.0 Å². The van der Waals surface area contributed by atoms with Gasteiger partial charge in [-0.3, -0.25) is 4.79 Å². The lowest BCUT2D eigenvalue weighted by atomic mass is 10.2. The second-order valence-electron chi connectivity index (χ2n) is 4.70. The molecule has 104 valence electrons. The first-order valence-electron chi connectivity index (χ1n) is 6.65. The highest BCUT2D eigenvalue weighted by Crippen LogP contribution is 2.15. The molecule has 0 aliphatic rings. The van der Waals surface area contributed by atoms with Crippen LogP contribution in [0.2, 0.25) is 0 Å². The number of hydrogen-bond donors (Lipinski definition) is 2. The molecule has 0 atom stereocenters. The van der Waals surface area contributed by atoms with E-state index in [1.807, 2.05) is 36.4 Å². The maximum atomic E-state index is 12.1. The molecule has 0 saturated carbocycles. The highest BCUT2D eigenvalue weighted by Gasteiger charge is 2.08. The number of fused-ring (bicyclic) bond motifs is 1. The minimum atomic E-state index is -0.260. The van der Waals surface area contributed by atoms with Crippen LogP contribution in [0.15, 0.2) is 60.7 Å². The zero-order chi connectivity index (χ0) is 14.7. The standard InChI is InChI=1S/C17H14N2O2/c20-16-8-4-2-6-13(16)11-18-17(21)15-10-9-12-5-1-3-7-14(12)19-15/h1-10,20H,11H2,(H,18,21). The van der Waals surface area contributed by atoms with E-state index < -0.39 is 0 Å². The van der Waals surface area contributed by atoms with Crippen molar-refractivity contribution in [1.29, 1.82) is 0 Å². The summed E-state index contributed by atoms with van der Waals surface area (Å²) in [5, 5.41) is 13.4. The molecule has 0 bridgehead atoms. The molecular formula is C17H14N2O2. The molecule has 1 heterocycles. The van der Waals surface area contributed by atoms with Crippen molar-refractivity contribution in [3.05, 3.63) is 71.9 Å². The minimum Gasteiger partial charge on any atom is -0.508 e. The number of carbonyl (C=O) groups excluding carboxylic acids is 1. The van der Waals surface area contributed by atoms with Crippen LogP contribution < -0.4 is 5.32 Å². The van der Waals surface area contributed by atoms with Crippen LogP contribution in [0.3, 0.4) is 0 Å². The summed E-state index contributed by atoms with van der Waals surface area (Å²) in [5.41, 5.74) is 1.82. The predicted molar refractivity (Wildman–Crippen MR) is 81.0 cm³/mol. The molecule has 1 aromatic heterocycles. The number of phenols is 1. The molecule has 3 aromatic rings. The van der Waals surface area contributed by atoms with Crippen LogP contribution in [0.5, 0.6) is 5.75 Å². The Balaban J connectivity index is 1.76. The van der Waals surface area contributed by atoms with E-state index in [1.165, 1.54) is 0 Å². The first-order valence-corrected chi connectivity index (χ1v) is 6.65. The highest BCUT2D eigenvalue weighted by molar-refractivity contribution is 5.94. The fraction of sp³-hybridized carbons (Fsp3) is 0.0588. The third-order valence-electron chi connectivity index (χ3n) is 3.26. The van der Waals surface area contributed by atoms with Crippen molar-refractivity contribution in [2.45, 2.75) is 6.54 Å². The topological polar surface area (TPSA) is 62.2 Å². The van der Waals surface area contributed by atoms with E-state index in [9.17, 15) is 9.90 Å². The van der Waals surface area contributed by atoms with Crippen molar-refractivity contribution in [2.75, 3.05) is 0 Å². The van der Waals surface area contributed by atoms with Crippen LogP contribution in [0.4, 0.5) is 0 Å². The number of carbonyl (C=O) groups is 1. The molecule has 0 unspecified atom stereocenters. The Labute approximate surface area is 122 Å². The Morgan fingerprint density at radius 3 is 2.62 bits per heavy atom. The number of pyridine rings is 1. The maximum absolute atomic E-state index is 12.1. The molecule has 0 spiro atoms. The Morgan fingerprint density at radius 2 is 1.76 bits per heavy atom. The summed E-state index contributed by atoms with van der Waals surface area (Å²) in [6.07, 6.45) is 0. The predicted octanol–water partition coefficient (Wildman–Crippen LogP) is 2.87. The number of para-hydroxylation sites is 2. The number of aromatic hydroxyl groups is 1. The number of hydrogen-bond acceptors (Lipinski definition) is 3. The van der Waals surface area contributed by atoms with E-state index in [-0.39, 0.29) is 18.2 Å². The van der Waals surface area contributed by atoms with E-state index in [2.05, 4.69) is 10.3 Å². The summed E-state index contributed by atoms with van der Waals surface area (Å²) >= 11 is 0. The van der Waals surface area contributed by atoms with Gasteiger partial charge in [-0.25, -0.2) is 4.98 Å². The lowest BCUT2D eigenvalue weighted by Gasteiger charge is -2.07. The van der Waals surface area contributed by atoms with Crippen molar-refractivity contribution in [1.82, 2.24) is 10.3 Å². The molecule has 2 N–H and O–H groups in total. The van der Waals surface area contributed by atoms with Gasteiger partial charge in [0.25, 0.3) is 5.91 Å². The number of amides is 1. The van der Waals surface area contributed by atoms with Crippen LogP contribution in [0.25, 0.3) is 10.9 Å². The number of nitrogens with one attached hydrogen (secondary N) is 1. The van der Waals surface area contributed by atoms with Crippen molar-refractivity contribution < 1.29 is 9.90 Å². The van der Waals surface area contributed by atoms with Crippen LogP contribution in [0, 0.1) is 0 Å². The van der Waals surface area contributed by atoms with Gasteiger partial charge in [0.1, 0.15) is 11.4 Å². The molecule has 4 nitrogen and oxygen atoms in total. The average molecular weight is 278 g/mol. The zero-order valence-corrected chi connectivity index (χ0v) is 11.3. The van der Waals surface area contributed by atoms with Crippen LogP contribution in [-0.2, 0) is 6.54 Å². The molecule has 0 aliphatic carbocycles. The van der Waals surface area contributed by atoms with Gasteiger partial charge in [-0.1, -0.05) is 42.5 Å². The third kappa shape index (κ3) is 2.84. The van der Waals surface area contributed by atoms with E-state index >= 15 is 0 Å². The fourth-order valence-electron chi connectivity index (χ4n) is 2.12. The maximum Gasteiger partial charge on any atom is 0.270 e. The molecule has 4 heteroatoms. The van der Waals surface area contributed by atoms with Crippen molar-refractivity contribution in [3.63, 3.8) is 0 Å². The third-order valence-corrected chi connectivity index (χ3v) is 3.26. The van der Waals surface area contributed by atoms with Crippen LogP contribution >= 0.6 is 0 Å². The molecular weight excluding hydrogens is 264 g/mol. The molecule has 0 aliphatic heterocycles. The molecule has 3 rings (SSSR count). The van der Waals surface area contributed by atoms with E-state index in [0.29, 0.717) is 11.3 Å². The van der Waals surface area contributed by atoms with Crippen molar-refractivity contribution in [3.8, 4) is 5.75 Å². The summed E-state index contributed by atoms with van der Waals surface area (Å²) < 4.78 is 0. The zero-order valence-electron chi connectivity index (χ0n) is 11.3. The largest absolute Gasteiger partial charge is 0.508 e. The van der Waals surface area contributed by atoms with Crippen molar-refractivity contribution in [2.24, 2.45) is 0 Å². The van der Waals surface area contributed by atoms with Gasteiger partial charge in [0.2, 0.25) is 0 Å². The molecule has 21 heavy (non-hydrogen) atoms. The van der Waals surface area contributed by atoms with Crippen molar-refractivity contribution >= 4 is 16.8 Å². The minimum absolute atomic E-state index is 0.171. The van der Waals surface area contributed by atoms with Gasteiger partial charge in [0.15, 0.2) is 0 Å². The second kappa shape index (κ2) is 5.63. The fourth-order valence-corrected chi connectivity index (χ4v) is 2.12. The van der Waals surface area contributed by atoms with Gasteiger partial charge in [-0.15, -0.1) is 0 Å². The van der Waals surface area contributed by atoms with Gasteiger partial charge in [-0.05, 0) is 18.2 Å². The molecule has 2 aromatic carbocycles. The second-order valence-corrected chi connectivity index (χ2v) is 4.70. The van der Waals surface area contributed by atoms with Crippen LogP contribution in [0.1, 0.15) is 16.1 Å². The lowest BCUT2D eigenvalue weighted by molar-refractivity contribution is 0.0946. The number of rotatable bonds is 3. The van der Waals surface area contributed by atoms with Gasteiger partial charge in [0.05, 0.1) is 5.52 Å². The first kappa shape index (κ1) is 13.1. The summed E-state index contributed by atoms with van der Waals surface area (Å²) in [6, 6.07) is 18.1. The van der Waals surface area contributed by atoms with E-state index in [1.54, 1.807) is 24.3 Å². The lowest BCUT2D eigenvalue weighted by Crippen LogP contribution is -2.23. The Bertz CT molecular complexity index is 799. The molecule has 1 amide bonds. The van der Waals surface area contributed by atoms with Gasteiger partial charge < -0.3 is 10.4 Å². The summed E-state index contributed by atoms with van der Waals surface area (Å²) in [7, 11) is 0. The molecule has 0 radical (unpaired) electrons. The summed E-state index contributed by atoms with van der Waals surface area (Å²) in [5.74, 6) is -0.0896.